The van der Waals surface area contributed by atoms with Crippen molar-refractivity contribution in [1.82, 2.24) is 9.38 Å². The number of imidazole rings is 1. The Hall–Kier alpha value is -2.98. The highest BCUT2D eigenvalue weighted by atomic mass is 32.1. The fourth-order valence-corrected chi connectivity index (χ4v) is 4.21. The molecule has 3 aromatic carbocycles. The Balaban J connectivity index is 1.91. The standard InChI is InChI=1S/C21H13FN2S/c22-16-12-10-15(11-13-16)20-19(14-6-2-1-3-7-14)23-21-24(20)17-8-4-5-9-18(17)25-21/h1-13H. The Bertz CT molecular complexity index is 1190. The number of halogens is 1. The van der Waals surface area contributed by atoms with Crippen LogP contribution in [0, 0.1) is 5.82 Å². The van der Waals surface area contributed by atoms with Crippen molar-refractivity contribution >= 4 is 26.5 Å². The molecular weight excluding hydrogens is 331 g/mol. The average Bonchev–Trinajstić information content (AvgIpc) is 3.19. The number of thiazole rings is 1. The molecule has 0 saturated heterocycles. The van der Waals surface area contributed by atoms with Gasteiger partial charge >= 0.3 is 0 Å². The normalized spacial score (nSPS) is 11.4. The molecule has 0 unspecified atom stereocenters. The summed E-state index contributed by atoms with van der Waals surface area (Å²) in [6.07, 6.45) is 0. The Morgan fingerprint density at radius 3 is 2.28 bits per heavy atom. The molecule has 0 bridgehead atoms. The third kappa shape index (κ3) is 2.26. The van der Waals surface area contributed by atoms with E-state index in [2.05, 4.69) is 28.7 Å². The molecule has 0 aliphatic rings. The van der Waals surface area contributed by atoms with E-state index in [1.54, 1.807) is 11.3 Å². The van der Waals surface area contributed by atoms with Gasteiger partial charge in [0.2, 0.25) is 0 Å². The van der Waals surface area contributed by atoms with Crippen LogP contribution in [0.4, 0.5) is 4.39 Å². The van der Waals surface area contributed by atoms with Crippen LogP contribution in [0.15, 0.2) is 78.9 Å². The molecule has 0 spiro atoms. The predicted molar refractivity (Wildman–Crippen MR) is 101 cm³/mol. The molecule has 0 aliphatic heterocycles. The first-order valence-electron chi connectivity index (χ1n) is 8.02. The Morgan fingerprint density at radius 2 is 1.48 bits per heavy atom. The molecule has 0 radical (unpaired) electrons. The summed E-state index contributed by atoms with van der Waals surface area (Å²) in [5.74, 6) is -0.235. The molecule has 5 aromatic rings. The van der Waals surface area contributed by atoms with Crippen molar-refractivity contribution in [3.63, 3.8) is 0 Å². The van der Waals surface area contributed by atoms with Gasteiger partial charge < -0.3 is 0 Å². The van der Waals surface area contributed by atoms with Crippen LogP contribution in [-0.4, -0.2) is 9.38 Å². The number of aromatic nitrogens is 2. The van der Waals surface area contributed by atoms with Gasteiger partial charge in [-0.2, -0.15) is 0 Å². The van der Waals surface area contributed by atoms with Crippen LogP contribution in [0.1, 0.15) is 0 Å². The Kier molecular flexibility index (Phi) is 3.18. The van der Waals surface area contributed by atoms with Crippen LogP contribution in [0.5, 0.6) is 0 Å². The first-order valence-corrected chi connectivity index (χ1v) is 8.84. The lowest BCUT2D eigenvalue weighted by Crippen LogP contribution is -1.89. The smallest absolute Gasteiger partial charge is 0.195 e. The number of benzene rings is 3. The highest BCUT2D eigenvalue weighted by molar-refractivity contribution is 7.23. The number of fused-ring (bicyclic) bond motifs is 3. The molecule has 0 saturated carbocycles. The number of hydrogen-bond acceptors (Lipinski definition) is 2. The van der Waals surface area contributed by atoms with Gasteiger partial charge in [-0.05, 0) is 36.4 Å². The fourth-order valence-electron chi connectivity index (χ4n) is 3.19. The van der Waals surface area contributed by atoms with Gasteiger partial charge in [0.25, 0.3) is 0 Å². The molecular formula is C21H13FN2S. The summed E-state index contributed by atoms with van der Waals surface area (Å²) in [6, 6.07) is 25.0. The van der Waals surface area contributed by atoms with Gasteiger partial charge in [0.05, 0.1) is 21.6 Å². The summed E-state index contributed by atoms with van der Waals surface area (Å²) >= 11 is 1.67. The Morgan fingerprint density at radius 1 is 0.760 bits per heavy atom. The largest absolute Gasteiger partial charge is 0.282 e. The predicted octanol–water partition coefficient (Wildman–Crippen LogP) is 6.02. The van der Waals surface area contributed by atoms with Gasteiger partial charge in [-0.25, -0.2) is 9.37 Å². The summed E-state index contributed by atoms with van der Waals surface area (Å²) in [5, 5.41) is 0. The summed E-state index contributed by atoms with van der Waals surface area (Å²) < 4.78 is 16.8. The van der Waals surface area contributed by atoms with Crippen molar-refractivity contribution in [3.8, 4) is 22.5 Å². The van der Waals surface area contributed by atoms with Crippen molar-refractivity contribution in [2.75, 3.05) is 0 Å². The zero-order chi connectivity index (χ0) is 16.8. The van der Waals surface area contributed by atoms with Gasteiger partial charge in [-0.1, -0.05) is 53.8 Å². The van der Waals surface area contributed by atoms with Crippen LogP contribution in [0.3, 0.4) is 0 Å². The number of nitrogens with zero attached hydrogens (tertiary/aromatic N) is 2. The van der Waals surface area contributed by atoms with Crippen molar-refractivity contribution < 1.29 is 4.39 Å². The van der Waals surface area contributed by atoms with Gasteiger partial charge in [0, 0.05) is 11.1 Å². The highest BCUT2D eigenvalue weighted by Crippen LogP contribution is 2.38. The maximum atomic E-state index is 13.4. The summed E-state index contributed by atoms with van der Waals surface area (Å²) in [5.41, 5.74) is 5.05. The van der Waals surface area contributed by atoms with Crippen molar-refractivity contribution in [2.24, 2.45) is 0 Å². The lowest BCUT2D eigenvalue weighted by molar-refractivity contribution is 0.628. The third-order valence-corrected chi connectivity index (χ3v) is 5.34. The van der Waals surface area contributed by atoms with E-state index in [1.165, 1.54) is 16.8 Å². The van der Waals surface area contributed by atoms with Gasteiger partial charge in [-0.15, -0.1) is 0 Å². The van der Waals surface area contributed by atoms with E-state index in [4.69, 9.17) is 4.98 Å². The summed E-state index contributed by atoms with van der Waals surface area (Å²) in [6.45, 7) is 0. The van der Waals surface area contributed by atoms with Crippen LogP contribution in [0.2, 0.25) is 0 Å². The molecule has 2 nitrogen and oxygen atoms in total. The summed E-state index contributed by atoms with van der Waals surface area (Å²) in [4.78, 5) is 5.85. The Labute approximate surface area is 147 Å². The maximum Gasteiger partial charge on any atom is 0.195 e. The lowest BCUT2D eigenvalue weighted by atomic mass is 10.0. The van der Waals surface area contributed by atoms with Gasteiger partial charge in [0.15, 0.2) is 4.96 Å². The molecule has 0 atom stereocenters. The van der Waals surface area contributed by atoms with Gasteiger partial charge in [0.1, 0.15) is 5.82 Å². The van der Waals surface area contributed by atoms with Crippen molar-refractivity contribution in [2.45, 2.75) is 0 Å². The highest BCUT2D eigenvalue weighted by Gasteiger charge is 2.19. The average molecular weight is 344 g/mol. The first kappa shape index (κ1) is 14.4. The minimum Gasteiger partial charge on any atom is -0.282 e. The van der Waals surface area contributed by atoms with Crippen LogP contribution < -0.4 is 0 Å². The number of para-hydroxylation sites is 1. The SMILES string of the molecule is Fc1ccc(-c2c(-c3ccccc3)nc3sc4ccccc4n23)cc1. The number of rotatable bonds is 2. The van der Waals surface area contributed by atoms with Crippen LogP contribution in [-0.2, 0) is 0 Å². The van der Waals surface area contributed by atoms with E-state index in [9.17, 15) is 4.39 Å². The second-order valence-corrected chi connectivity index (χ2v) is 6.88. The minimum absolute atomic E-state index is 0.235. The third-order valence-electron chi connectivity index (χ3n) is 4.32. The first-order chi connectivity index (χ1) is 12.3. The molecule has 0 fully saturated rings. The zero-order valence-corrected chi connectivity index (χ0v) is 14.0. The van der Waals surface area contributed by atoms with E-state index >= 15 is 0 Å². The molecule has 0 amide bonds. The van der Waals surface area contributed by atoms with Crippen molar-refractivity contribution in [3.05, 3.63) is 84.7 Å². The van der Waals surface area contributed by atoms with E-state index in [0.29, 0.717) is 0 Å². The minimum atomic E-state index is -0.235. The van der Waals surface area contributed by atoms with E-state index in [0.717, 1.165) is 33.0 Å². The van der Waals surface area contributed by atoms with Crippen LogP contribution in [0.25, 0.3) is 37.7 Å². The fraction of sp³-hybridized carbons (Fsp3) is 0. The molecule has 0 N–H and O–H groups in total. The molecule has 4 heteroatoms. The van der Waals surface area contributed by atoms with E-state index in [1.807, 2.05) is 42.5 Å². The van der Waals surface area contributed by atoms with E-state index < -0.39 is 0 Å². The molecule has 2 aromatic heterocycles. The molecule has 120 valence electrons. The second-order valence-electron chi connectivity index (χ2n) is 5.87. The zero-order valence-electron chi connectivity index (χ0n) is 13.2. The molecule has 2 heterocycles. The molecule has 0 aliphatic carbocycles. The quantitative estimate of drug-likeness (QED) is 0.383. The van der Waals surface area contributed by atoms with E-state index in [-0.39, 0.29) is 5.82 Å². The van der Waals surface area contributed by atoms with Crippen LogP contribution >= 0.6 is 11.3 Å². The maximum absolute atomic E-state index is 13.4. The van der Waals surface area contributed by atoms with Crippen molar-refractivity contribution in [1.29, 1.82) is 0 Å². The van der Waals surface area contributed by atoms with Gasteiger partial charge in [-0.3, -0.25) is 4.40 Å². The number of hydrogen-bond donors (Lipinski definition) is 0. The monoisotopic (exact) mass is 344 g/mol. The topological polar surface area (TPSA) is 17.3 Å². The molecule has 5 rings (SSSR count). The lowest BCUT2D eigenvalue weighted by Gasteiger charge is -2.06. The molecule has 25 heavy (non-hydrogen) atoms. The summed E-state index contributed by atoms with van der Waals surface area (Å²) in [7, 11) is 0. The second kappa shape index (κ2) is 5.53.